The number of ketones is 1. The molecule has 5 rings (SSSR count). The molecule has 1 unspecified atom stereocenters. The zero-order valence-electron chi connectivity index (χ0n) is 26.4. The Labute approximate surface area is 243 Å². The predicted molar refractivity (Wildman–Crippen MR) is 161 cm³/mol. The largest absolute Gasteiger partial charge is 0.435 e. The molecule has 7 atom stereocenters. The van der Waals surface area contributed by atoms with E-state index in [2.05, 4.69) is 58.9 Å². The van der Waals surface area contributed by atoms with Gasteiger partial charge in [-0.25, -0.2) is 4.79 Å². The van der Waals surface area contributed by atoms with Gasteiger partial charge in [0, 0.05) is 31.5 Å². The van der Waals surface area contributed by atoms with Gasteiger partial charge in [-0.2, -0.15) is 0 Å². The Morgan fingerprint density at radius 2 is 1.85 bits per heavy atom. The van der Waals surface area contributed by atoms with Gasteiger partial charge in [-0.15, -0.1) is 0 Å². The van der Waals surface area contributed by atoms with Crippen LogP contribution in [-0.2, 0) is 9.63 Å². The zero-order valence-corrected chi connectivity index (χ0v) is 26.4. The number of fused-ring (bicyclic) bond motifs is 5. The van der Waals surface area contributed by atoms with Crippen LogP contribution in [0.25, 0.3) is 0 Å². The summed E-state index contributed by atoms with van der Waals surface area (Å²) < 4.78 is 0. The molecule has 3 saturated carbocycles. The summed E-state index contributed by atoms with van der Waals surface area (Å²) in [5, 5.41) is 8.16. The van der Waals surface area contributed by atoms with Crippen LogP contribution < -0.4 is 5.32 Å². The van der Waals surface area contributed by atoms with Crippen molar-refractivity contribution in [3.05, 3.63) is 11.6 Å². The van der Waals surface area contributed by atoms with E-state index in [9.17, 15) is 9.59 Å². The van der Waals surface area contributed by atoms with Crippen LogP contribution >= 0.6 is 0 Å². The fraction of sp³-hybridized carbons (Fsp3) is 0.853. The monoisotopic (exact) mass is 553 g/mol. The summed E-state index contributed by atoms with van der Waals surface area (Å²) in [6, 6.07) is 0.424. The number of allylic oxidation sites excluding steroid dienone is 1. The maximum atomic E-state index is 13.3. The molecule has 224 valence electrons. The van der Waals surface area contributed by atoms with Crippen LogP contribution in [0.2, 0.25) is 0 Å². The number of nitrogens with zero attached hydrogens (tertiary/aromatic N) is 2. The van der Waals surface area contributed by atoms with Crippen LogP contribution in [0.4, 0.5) is 4.79 Å². The quantitative estimate of drug-likeness (QED) is 0.203. The Balaban J connectivity index is 1.24. The highest BCUT2D eigenvalue weighted by atomic mass is 16.7. The van der Waals surface area contributed by atoms with Crippen molar-refractivity contribution in [1.82, 2.24) is 10.2 Å². The van der Waals surface area contributed by atoms with E-state index in [-0.39, 0.29) is 22.3 Å². The van der Waals surface area contributed by atoms with E-state index in [0.717, 1.165) is 43.9 Å². The van der Waals surface area contributed by atoms with Crippen molar-refractivity contribution in [2.45, 2.75) is 119 Å². The molecular weight excluding hydrogens is 498 g/mol. The number of carbonyl (C=O) groups excluding carboxylic acids is 2. The highest BCUT2D eigenvalue weighted by Crippen LogP contribution is 2.66. The van der Waals surface area contributed by atoms with Crippen molar-refractivity contribution in [3.63, 3.8) is 0 Å². The average Bonchev–Trinajstić information content (AvgIpc) is 3.42. The molecule has 40 heavy (non-hydrogen) atoms. The molecule has 0 spiro atoms. The fourth-order valence-corrected chi connectivity index (χ4v) is 9.97. The van der Waals surface area contributed by atoms with Gasteiger partial charge in [0.2, 0.25) is 0 Å². The molecule has 6 nitrogen and oxygen atoms in total. The van der Waals surface area contributed by atoms with E-state index >= 15 is 0 Å². The first kappa shape index (κ1) is 29.8. The highest BCUT2D eigenvalue weighted by Gasteiger charge is 2.59. The minimum atomic E-state index is -0.307. The van der Waals surface area contributed by atoms with Crippen LogP contribution in [-0.4, -0.2) is 48.2 Å². The van der Waals surface area contributed by atoms with Gasteiger partial charge < -0.3 is 10.2 Å². The first-order valence-corrected chi connectivity index (χ1v) is 16.3. The normalized spacial score (nSPS) is 38.9. The SMILES string of the molecule is C/C(=N\OC(=O)N(CCC1NCCC1(C)C)CC(C)C)[C@H]1CC[C@H]2[C@@H]3CCC4=CC(=O)CC[C@]4(C)[C@H]3CC[C@]12C. The number of hydrogen-bond donors (Lipinski definition) is 1. The topological polar surface area (TPSA) is 71.0 Å². The summed E-state index contributed by atoms with van der Waals surface area (Å²) in [7, 11) is 0. The number of rotatable bonds is 7. The second kappa shape index (κ2) is 11.2. The Morgan fingerprint density at radius 1 is 1.07 bits per heavy atom. The standard InChI is InChI=1S/C34H55N3O3/c1-22(2)21-37(19-14-30-32(4,5)17-18-35-30)31(39)40-36-23(3)27-10-11-28-26-9-8-24-20-25(38)12-15-33(24,6)29(26)13-16-34(27,28)7/h20,22,26-30,35H,8-19,21H2,1-7H3/b36-23+/t26-,27+,28-,29-,30?,33-,34+/m0/s1. The smallest absolute Gasteiger partial charge is 0.313 e. The Hall–Kier alpha value is -1.69. The van der Waals surface area contributed by atoms with Crippen molar-refractivity contribution in [3.8, 4) is 0 Å². The summed E-state index contributed by atoms with van der Waals surface area (Å²) in [4.78, 5) is 33.0. The lowest BCUT2D eigenvalue weighted by Gasteiger charge is -2.58. The van der Waals surface area contributed by atoms with E-state index < -0.39 is 0 Å². The number of amides is 1. The van der Waals surface area contributed by atoms with Gasteiger partial charge in [-0.3, -0.25) is 9.63 Å². The number of nitrogens with one attached hydrogen (secondary N) is 1. The molecule has 0 aromatic carbocycles. The van der Waals surface area contributed by atoms with Crippen molar-refractivity contribution in [2.24, 2.45) is 51.0 Å². The molecule has 0 radical (unpaired) electrons. The van der Waals surface area contributed by atoms with Gasteiger partial charge in [-0.05, 0) is 117 Å². The summed E-state index contributed by atoms with van der Waals surface area (Å²) in [5.41, 5.74) is 3.10. The number of hydrogen-bond acceptors (Lipinski definition) is 5. The molecule has 1 amide bonds. The molecule has 1 N–H and O–H groups in total. The third kappa shape index (κ3) is 5.43. The molecule has 1 saturated heterocycles. The Kier molecular flexibility index (Phi) is 8.33. The number of oxime groups is 1. The molecule has 6 heteroatoms. The van der Waals surface area contributed by atoms with Gasteiger partial charge in [-0.1, -0.05) is 52.3 Å². The van der Waals surface area contributed by atoms with E-state index in [1.165, 1.54) is 37.7 Å². The minimum Gasteiger partial charge on any atom is -0.313 e. The Bertz CT molecular complexity index is 1050. The van der Waals surface area contributed by atoms with E-state index in [0.29, 0.717) is 55.0 Å². The van der Waals surface area contributed by atoms with Crippen molar-refractivity contribution < 1.29 is 14.4 Å². The van der Waals surface area contributed by atoms with Gasteiger partial charge >= 0.3 is 6.09 Å². The zero-order chi connectivity index (χ0) is 28.9. The van der Waals surface area contributed by atoms with E-state index in [4.69, 9.17) is 4.84 Å². The second-order valence-electron chi connectivity index (χ2n) is 15.6. The third-order valence-electron chi connectivity index (χ3n) is 12.4. The minimum absolute atomic E-state index is 0.206. The first-order chi connectivity index (χ1) is 18.8. The fourth-order valence-electron chi connectivity index (χ4n) is 9.97. The van der Waals surface area contributed by atoms with Gasteiger partial charge in [0.15, 0.2) is 5.78 Å². The van der Waals surface area contributed by atoms with Crippen molar-refractivity contribution >= 4 is 17.6 Å². The molecule has 1 aliphatic heterocycles. The second-order valence-corrected chi connectivity index (χ2v) is 15.6. The van der Waals surface area contributed by atoms with Gasteiger partial charge in [0.05, 0.1) is 5.71 Å². The molecule has 5 aliphatic rings. The van der Waals surface area contributed by atoms with Crippen LogP contribution in [0.5, 0.6) is 0 Å². The molecular formula is C34H55N3O3. The van der Waals surface area contributed by atoms with Crippen molar-refractivity contribution in [2.75, 3.05) is 19.6 Å². The maximum Gasteiger partial charge on any atom is 0.435 e. The number of carbonyl (C=O) groups is 2. The summed E-state index contributed by atoms with van der Waals surface area (Å²) in [5.74, 6) is 3.18. The third-order valence-corrected chi connectivity index (χ3v) is 12.4. The first-order valence-electron chi connectivity index (χ1n) is 16.3. The van der Waals surface area contributed by atoms with E-state index in [1.807, 2.05) is 11.0 Å². The predicted octanol–water partition coefficient (Wildman–Crippen LogP) is 7.38. The molecule has 0 aromatic heterocycles. The summed E-state index contributed by atoms with van der Waals surface area (Å²) in [6.45, 7) is 18.4. The van der Waals surface area contributed by atoms with Crippen LogP contribution in [0.1, 0.15) is 113 Å². The van der Waals surface area contributed by atoms with Gasteiger partial charge in [0.25, 0.3) is 0 Å². The summed E-state index contributed by atoms with van der Waals surface area (Å²) >= 11 is 0. The summed E-state index contributed by atoms with van der Waals surface area (Å²) in [6.07, 6.45) is 12.7. The van der Waals surface area contributed by atoms with Crippen LogP contribution in [0.3, 0.4) is 0 Å². The van der Waals surface area contributed by atoms with E-state index in [1.54, 1.807) is 0 Å². The molecule has 1 heterocycles. The maximum absolute atomic E-state index is 13.3. The molecule has 0 bridgehead atoms. The van der Waals surface area contributed by atoms with Crippen LogP contribution in [0.15, 0.2) is 16.8 Å². The molecule has 4 fully saturated rings. The van der Waals surface area contributed by atoms with Crippen LogP contribution in [0, 0.1) is 45.8 Å². The lowest BCUT2D eigenvalue weighted by Crippen LogP contribution is -2.51. The average molecular weight is 554 g/mol. The lowest BCUT2D eigenvalue weighted by molar-refractivity contribution is -0.117. The van der Waals surface area contributed by atoms with Gasteiger partial charge in [0.1, 0.15) is 0 Å². The highest BCUT2D eigenvalue weighted by molar-refractivity contribution is 5.91. The Morgan fingerprint density at radius 3 is 2.55 bits per heavy atom. The molecule has 4 aliphatic carbocycles. The molecule has 0 aromatic rings. The lowest BCUT2D eigenvalue weighted by atomic mass is 9.46. The van der Waals surface area contributed by atoms with Crippen molar-refractivity contribution in [1.29, 1.82) is 0 Å².